The van der Waals surface area contributed by atoms with E-state index in [0.717, 1.165) is 22.7 Å². The molecule has 1 saturated carbocycles. The number of sulfonamides is 1. The Morgan fingerprint density at radius 2 is 1.69 bits per heavy atom. The van der Waals surface area contributed by atoms with E-state index < -0.39 is 32.0 Å². The molecule has 0 spiro atoms. The highest BCUT2D eigenvalue weighted by molar-refractivity contribution is 7.92. The van der Waals surface area contributed by atoms with Crippen LogP contribution in [0.15, 0.2) is 29.2 Å². The fraction of sp³-hybridized carbons (Fsp3) is 0.667. The number of benzene rings is 1. The van der Waals surface area contributed by atoms with Gasteiger partial charge >= 0.3 is 0 Å². The molecule has 26 heavy (non-hydrogen) atoms. The number of nitrogens with zero attached hydrogens (tertiary/aromatic N) is 1. The molecule has 1 saturated heterocycles. The van der Waals surface area contributed by atoms with Gasteiger partial charge in [-0.1, -0.05) is 38.3 Å². The standard InChI is InChI=1S/C18H27NO5S2/c1-2-19(17-12-25(21,22)13-18(17)20)26(23,24)16-10-8-15(9-11-16)14-6-4-3-5-7-14/h8-11,14,17-18,20H,2-7,12-13H2,1H3/t17-,18+/m1/s1. The summed E-state index contributed by atoms with van der Waals surface area (Å²) in [6.07, 6.45) is 4.78. The van der Waals surface area contributed by atoms with Gasteiger partial charge in [-0.05, 0) is 36.5 Å². The molecule has 2 atom stereocenters. The van der Waals surface area contributed by atoms with Crippen molar-refractivity contribution in [3.8, 4) is 0 Å². The lowest BCUT2D eigenvalue weighted by atomic mass is 9.84. The number of hydrogen-bond donors (Lipinski definition) is 1. The van der Waals surface area contributed by atoms with Gasteiger partial charge in [0.25, 0.3) is 0 Å². The van der Waals surface area contributed by atoms with E-state index in [0.29, 0.717) is 5.92 Å². The Balaban J connectivity index is 1.84. The minimum Gasteiger partial charge on any atom is -0.390 e. The van der Waals surface area contributed by atoms with Gasteiger partial charge in [0.05, 0.1) is 28.5 Å². The summed E-state index contributed by atoms with van der Waals surface area (Å²) >= 11 is 0. The van der Waals surface area contributed by atoms with E-state index in [9.17, 15) is 21.9 Å². The van der Waals surface area contributed by atoms with Gasteiger partial charge < -0.3 is 5.11 Å². The van der Waals surface area contributed by atoms with E-state index in [2.05, 4.69) is 0 Å². The average Bonchev–Trinajstić information content (AvgIpc) is 2.88. The molecule has 8 heteroatoms. The molecule has 0 bridgehead atoms. The van der Waals surface area contributed by atoms with Crippen molar-refractivity contribution < 1.29 is 21.9 Å². The van der Waals surface area contributed by atoms with Gasteiger partial charge in [0, 0.05) is 6.54 Å². The van der Waals surface area contributed by atoms with Crippen molar-refractivity contribution in [2.24, 2.45) is 0 Å². The van der Waals surface area contributed by atoms with Crippen LogP contribution >= 0.6 is 0 Å². The smallest absolute Gasteiger partial charge is 0.243 e. The predicted octanol–water partition coefficient (Wildman–Crippen LogP) is 1.90. The molecule has 0 aromatic heterocycles. The van der Waals surface area contributed by atoms with Crippen LogP contribution in [0.4, 0.5) is 0 Å². The molecule has 1 aromatic carbocycles. The summed E-state index contributed by atoms with van der Waals surface area (Å²) in [5, 5.41) is 10.1. The highest BCUT2D eigenvalue weighted by Gasteiger charge is 2.44. The molecule has 1 N–H and O–H groups in total. The first-order valence-electron chi connectivity index (χ1n) is 9.25. The fourth-order valence-electron chi connectivity index (χ4n) is 4.15. The van der Waals surface area contributed by atoms with E-state index in [1.165, 1.54) is 19.3 Å². The van der Waals surface area contributed by atoms with E-state index in [1.54, 1.807) is 19.1 Å². The van der Waals surface area contributed by atoms with Crippen LogP contribution in [0.1, 0.15) is 50.5 Å². The lowest BCUT2D eigenvalue weighted by molar-refractivity contribution is 0.130. The second-order valence-electron chi connectivity index (χ2n) is 7.32. The van der Waals surface area contributed by atoms with Crippen molar-refractivity contribution >= 4 is 19.9 Å². The van der Waals surface area contributed by atoms with Crippen molar-refractivity contribution in [3.05, 3.63) is 29.8 Å². The highest BCUT2D eigenvalue weighted by atomic mass is 32.2. The molecule has 1 aromatic rings. The Morgan fingerprint density at radius 3 is 2.19 bits per heavy atom. The Morgan fingerprint density at radius 1 is 1.08 bits per heavy atom. The maximum absolute atomic E-state index is 13.0. The van der Waals surface area contributed by atoms with Crippen LogP contribution in [0, 0.1) is 0 Å². The van der Waals surface area contributed by atoms with Crippen molar-refractivity contribution in [1.29, 1.82) is 0 Å². The molecule has 6 nitrogen and oxygen atoms in total. The molecule has 2 aliphatic rings. The third-order valence-corrected chi connectivity index (χ3v) is 9.25. The van der Waals surface area contributed by atoms with Gasteiger partial charge in [-0.15, -0.1) is 0 Å². The Hall–Kier alpha value is -0.960. The second-order valence-corrected chi connectivity index (χ2v) is 11.4. The quantitative estimate of drug-likeness (QED) is 0.814. The number of likely N-dealkylation sites (N-methyl/N-ethyl adjacent to an activating group) is 1. The molecular formula is C18H27NO5S2. The van der Waals surface area contributed by atoms with E-state index >= 15 is 0 Å². The monoisotopic (exact) mass is 401 g/mol. The average molecular weight is 402 g/mol. The van der Waals surface area contributed by atoms with Crippen LogP contribution in [0.25, 0.3) is 0 Å². The van der Waals surface area contributed by atoms with Crippen LogP contribution in [-0.2, 0) is 19.9 Å². The Labute approximate surface area is 156 Å². The first kappa shape index (κ1) is 19.8. The minimum absolute atomic E-state index is 0.115. The van der Waals surface area contributed by atoms with Gasteiger partial charge in [-0.2, -0.15) is 4.31 Å². The summed E-state index contributed by atoms with van der Waals surface area (Å²) in [5.41, 5.74) is 1.16. The van der Waals surface area contributed by atoms with Crippen molar-refractivity contribution in [2.75, 3.05) is 18.1 Å². The maximum Gasteiger partial charge on any atom is 0.243 e. The van der Waals surface area contributed by atoms with Gasteiger partial charge in [0.2, 0.25) is 10.0 Å². The highest BCUT2D eigenvalue weighted by Crippen LogP contribution is 2.33. The van der Waals surface area contributed by atoms with Gasteiger partial charge in [0.15, 0.2) is 9.84 Å². The fourth-order valence-corrected chi connectivity index (χ4v) is 7.71. The zero-order chi connectivity index (χ0) is 18.9. The molecule has 0 amide bonds. The van der Waals surface area contributed by atoms with Crippen LogP contribution in [0.5, 0.6) is 0 Å². The van der Waals surface area contributed by atoms with Gasteiger partial charge in [-0.3, -0.25) is 0 Å². The number of aliphatic hydroxyl groups is 1. The topological polar surface area (TPSA) is 91.8 Å². The molecule has 1 aliphatic carbocycles. The number of sulfone groups is 1. The number of aliphatic hydroxyl groups excluding tert-OH is 1. The zero-order valence-corrected chi connectivity index (χ0v) is 16.7. The lowest BCUT2D eigenvalue weighted by Crippen LogP contribution is -2.46. The number of hydrogen-bond acceptors (Lipinski definition) is 5. The van der Waals surface area contributed by atoms with E-state index in [1.807, 2.05) is 12.1 Å². The van der Waals surface area contributed by atoms with Crippen LogP contribution < -0.4 is 0 Å². The summed E-state index contributed by atoms with van der Waals surface area (Å²) in [7, 11) is -7.28. The molecule has 0 unspecified atom stereocenters. The Kier molecular flexibility index (Phi) is 5.77. The summed E-state index contributed by atoms with van der Waals surface area (Å²) in [6, 6.07) is 6.04. The molecule has 146 valence electrons. The number of rotatable bonds is 5. The zero-order valence-electron chi connectivity index (χ0n) is 15.0. The van der Waals surface area contributed by atoms with Crippen LogP contribution in [0.2, 0.25) is 0 Å². The summed E-state index contributed by atoms with van der Waals surface area (Å²) in [4.78, 5) is 0.149. The molecule has 2 fully saturated rings. The molecule has 3 rings (SSSR count). The molecular weight excluding hydrogens is 374 g/mol. The third kappa shape index (κ3) is 3.98. The summed E-state index contributed by atoms with van der Waals surface area (Å²) < 4.78 is 50.7. The van der Waals surface area contributed by atoms with E-state index in [4.69, 9.17) is 0 Å². The second kappa shape index (κ2) is 7.58. The predicted molar refractivity (Wildman–Crippen MR) is 100 cm³/mol. The first-order chi connectivity index (χ1) is 12.2. The first-order valence-corrected chi connectivity index (χ1v) is 12.5. The summed E-state index contributed by atoms with van der Waals surface area (Å²) in [5.74, 6) is -0.226. The molecule has 0 radical (unpaired) electrons. The van der Waals surface area contributed by atoms with Crippen LogP contribution in [0.3, 0.4) is 0 Å². The SMILES string of the molecule is CCN([C@@H]1CS(=O)(=O)C[C@@H]1O)S(=O)(=O)c1ccc(C2CCCCC2)cc1. The van der Waals surface area contributed by atoms with Crippen molar-refractivity contribution in [2.45, 2.75) is 62.0 Å². The maximum atomic E-state index is 13.0. The van der Waals surface area contributed by atoms with Gasteiger partial charge in [-0.25, -0.2) is 16.8 Å². The Bertz CT molecular complexity index is 827. The molecule has 1 aliphatic heterocycles. The largest absolute Gasteiger partial charge is 0.390 e. The van der Waals surface area contributed by atoms with Crippen LogP contribution in [-0.4, -0.2) is 56.4 Å². The van der Waals surface area contributed by atoms with Crippen molar-refractivity contribution in [1.82, 2.24) is 4.31 Å². The lowest BCUT2D eigenvalue weighted by Gasteiger charge is -2.28. The third-order valence-electron chi connectivity index (χ3n) is 5.54. The normalized spacial score (nSPS) is 27.0. The van der Waals surface area contributed by atoms with E-state index in [-0.39, 0.29) is 22.9 Å². The van der Waals surface area contributed by atoms with Gasteiger partial charge in [0.1, 0.15) is 0 Å². The molecule has 1 heterocycles. The minimum atomic E-state index is -3.86. The summed E-state index contributed by atoms with van der Waals surface area (Å²) in [6.45, 7) is 1.77. The van der Waals surface area contributed by atoms with Crippen molar-refractivity contribution in [3.63, 3.8) is 0 Å².